The van der Waals surface area contributed by atoms with Crippen molar-refractivity contribution in [2.24, 2.45) is 11.0 Å². The smallest absolute Gasteiger partial charge is 0.349 e. The summed E-state index contributed by atoms with van der Waals surface area (Å²) in [6.07, 6.45) is 10.6. The van der Waals surface area contributed by atoms with Gasteiger partial charge in [0.05, 0.1) is 17.1 Å². The Bertz CT molecular complexity index is 2090. The maximum absolute atomic E-state index is 14.0. The van der Waals surface area contributed by atoms with Crippen molar-refractivity contribution in [2.75, 3.05) is 23.8 Å². The first-order valence-corrected chi connectivity index (χ1v) is 18.8. The standard InChI is InChI=1S/C46H46N6O/c1-34-23-28-41-42(33-34)52(45(53)50(2)49-44(41)35-15-7-3-8-16-35)40-26-24-39(25-27-40)47-30-29-43-48-31-32-51(43)46(36-17-9-4-10-18-36,37-19-11-5-12-20-37)38-21-13-6-14-22-38/h4-6,9-14,17-28,31-33,35,47H,3,7-8,15-16,29-30H2,1-2H3. The van der Waals surface area contributed by atoms with E-state index < -0.39 is 5.54 Å². The van der Waals surface area contributed by atoms with Crippen LogP contribution < -0.4 is 10.2 Å². The predicted molar refractivity (Wildman–Crippen MR) is 215 cm³/mol. The maximum Gasteiger partial charge on any atom is 0.349 e. The third kappa shape index (κ3) is 6.52. The van der Waals surface area contributed by atoms with E-state index in [1.807, 2.05) is 23.2 Å². The molecule has 0 radical (unpaired) electrons. The Morgan fingerprint density at radius 3 is 1.96 bits per heavy atom. The molecule has 7 heteroatoms. The second-order valence-corrected chi connectivity index (χ2v) is 14.2. The number of aryl methyl sites for hydroxylation is 1. The summed E-state index contributed by atoms with van der Waals surface area (Å²) in [7, 11) is 1.78. The molecular weight excluding hydrogens is 653 g/mol. The minimum absolute atomic E-state index is 0.158. The van der Waals surface area contributed by atoms with Crippen molar-refractivity contribution in [1.29, 1.82) is 0 Å². The molecule has 0 spiro atoms. The Kier molecular flexibility index (Phi) is 9.64. The molecule has 0 unspecified atom stereocenters. The van der Waals surface area contributed by atoms with Crippen molar-refractivity contribution in [2.45, 2.75) is 51.0 Å². The predicted octanol–water partition coefficient (Wildman–Crippen LogP) is 10.2. The zero-order chi connectivity index (χ0) is 36.2. The molecule has 0 saturated heterocycles. The Hall–Kier alpha value is -5.95. The van der Waals surface area contributed by atoms with Gasteiger partial charge in [-0.25, -0.2) is 14.8 Å². The number of nitrogens with zero attached hydrogens (tertiary/aromatic N) is 5. The van der Waals surface area contributed by atoms with E-state index in [2.05, 4.69) is 144 Å². The molecule has 2 heterocycles. The van der Waals surface area contributed by atoms with Crippen LogP contribution >= 0.6 is 0 Å². The third-order valence-corrected chi connectivity index (χ3v) is 10.8. The van der Waals surface area contributed by atoms with Crippen LogP contribution in [0.1, 0.15) is 65.7 Å². The van der Waals surface area contributed by atoms with Crippen molar-refractivity contribution in [1.82, 2.24) is 14.6 Å². The molecule has 1 aliphatic heterocycles. The summed E-state index contributed by atoms with van der Waals surface area (Å²) in [6, 6.07) is 46.5. The molecule has 8 rings (SSSR count). The first-order chi connectivity index (χ1) is 26.0. The summed E-state index contributed by atoms with van der Waals surface area (Å²) < 4.78 is 2.34. The molecule has 6 aromatic rings. The number of carbonyl (C=O) groups is 1. The van der Waals surface area contributed by atoms with Crippen LogP contribution in [0.2, 0.25) is 0 Å². The van der Waals surface area contributed by atoms with Gasteiger partial charge in [-0.3, -0.25) is 4.90 Å². The van der Waals surface area contributed by atoms with E-state index in [9.17, 15) is 4.79 Å². The Balaban J connectivity index is 1.06. The number of imidazole rings is 1. The normalized spacial score (nSPS) is 15.1. The van der Waals surface area contributed by atoms with Crippen LogP contribution in [0.15, 0.2) is 151 Å². The SMILES string of the molecule is Cc1ccc2c(c1)N(c1ccc(NCCc3nccn3C(c3ccccc3)(c3ccccc3)c3ccccc3)cc1)C(=O)N(C)N=C2C1CCCCC1. The van der Waals surface area contributed by atoms with E-state index in [4.69, 9.17) is 10.1 Å². The van der Waals surface area contributed by atoms with E-state index in [1.165, 1.54) is 41.0 Å². The molecule has 2 amide bonds. The Morgan fingerprint density at radius 2 is 1.36 bits per heavy atom. The number of anilines is 3. The lowest BCUT2D eigenvalue weighted by molar-refractivity contribution is 0.220. The highest BCUT2D eigenvalue weighted by Gasteiger charge is 2.39. The van der Waals surface area contributed by atoms with E-state index in [0.717, 1.165) is 52.6 Å². The van der Waals surface area contributed by atoms with Crippen LogP contribution in [-0.2, 0) is 12.0 Å². The average molecular weight is 699 g/mol. The van der Waals surface area contributed by atoms with Crippen molar-refractivity contribution < 1.29 is 4.79 Å². The van der Waals surface area contributed by atoms with Gasteiger partial charge >= 0.3 is 6.03 Å². The van der Waals surface area contributed by atoms with Crippen LogP contribution in [0.25, 0.3) is 0 Å². The highest BCUT2D eigenvalue weighted by Crippen LogP contribution is 2.42. The molecular formula is C46H46N6O. The van der Waals surface area contributed by atoms with Crippen molar-refractivity contribution in [3.05, 3.63) is 179 Å². The van der Waals surface area contributed by atoms with Gasteiger partial charge in [-0.2, -0.15) is 5.10 Å². The average Bonchev–Trinajstić information content (AvgIpc) is 3.64. The molecule has 0 atom stereocenters. The molecule has 7 nitrogen and oxygen atoms in total. The highest BCUT2D eigenvalue weighted by molar-refractivity contribution is 6.13. The first kappa shape index (κ1) is 34.2. The third-order valence-electron chi connectivity index (χ3n) is 10.8. The molecule has 1 aromatic heterocycles. The van der Waals surface area contributed by atoms with Crippen molar-refractivity contribution >= 4 is 28.8 Å². The van der Waals surface area contributed by atoms with Gasteiger partial charge in [0.25, 0.3) is 0 Å². The molecule has 53 heavy (non-hydrogen) atoms. The number of fused-ring (bicyclic) bond motifs is 1. The zero-order valence-corrected chi connectivity index (χ0v) is 30.5. The number of hydrogen-bond acceptors (Lipinski definition) is 4. The van der Waals surface area contributed by atoms with Crippen LogP contribution in [0.3, 0.4) is 0 Å². The lowest BCUT2D eigenvalue weighted by Crippen LogP contribution is -2.38. The van der Waals surface area contributed by atoms with Gasteiger partial charge in [-0.1, -0.05) is 122 Å². The van der Waals surface area contributed by atoms with Crippen LogP contribution in [0, 0.1) is 12.8 Å². The topological polar surface area (TPSA) is 65.8 Å². The molecule has 1 aliphatic carbocycles. The molecule has 1 N–H and O–H groups in total. The van der Waals surface area contributed by atoms with Gasteiger partial charge in [0, 0.05) is 49.6 Å². The summed E-state index contributed by atoms with van der Waals surface area (Å²) in [4.78, 5) is 20.7. The lowest BCUT2D eigenvalue weighted by Gasteiger charge is -2.38. The van der Waals surface area contributed by atoms with Gasteiger partial charge in [0.2, 0.25) is 0 Å². The highest BCUT2D eigenvalue weighted by atomic mass is 16.2. The van der Waals surface area contributed by atoms with Crippen molar-refractivity contribution in [3.63, 3.8) is 0 Å². The van der Waals surface area contributed by atoms with Crippen molar-refractivity contribution in [3.8, 4) is 0 Å². The minimum Gasteiger partial charge on any atom is -0.385 e. The number of carbonyl (C=O) groups excluding carboxylic acids is 1. The van der Waals surface area contributed by atoms with Gasteiger partial charge < -0.3 is 9.88 Å². The first-order valence-electron chi connectivity index (χ1n) is 18.8. The molecule has 5 aromatic carbocycles. The maximum atomic E-state index is 14.0. The number of aromatic nitrogens is 2. The summed E-state index contributed by atoms with van der Waals surface area (Å²) in [5, 5.41) is 10.1. The van der Waals surface area contributed by atoms with Crippen LogP contribution in [0.4, 0.5) is 21.9 Å². The van der Waals surface area contributed by atoms with E-state index >= 15 is 0 Å². The zero-order valence-electron chi connectivity index (χ0n) is 30.5. The molecule has 0 bridgehead atoms. The largest absolute Gasteiger partial charge is 0.385 e. The van der Waals surface area contributed by atoms with E-state index in [0.29, 0.717) is 18.9 Å². The van der Waals surface area contributed by atoms with Gasteiger partial charge in [0.1, 0.15) is 11.4 Å². The summed E-state index contributed by atoms with van der Waals surface area (Å²) >= 11 is 0. The Labute approximate surface area is 312 Å². The Morgan fingerprint density at radius 1 is 0.755 bits per heavy atom. The second kappa shape index (κ2) is 15.0. The molecule has 1 saturated carbocycles. The van der Waals surface area contributed by atoms with Crippen LogP contribution in [-0.4, -0.2) is 39.9 Å². The minimum atomic E-state index is -0.612. The summed E-state index contributed by atoms with van der Waals surface area (Å²) in [5.41, 5.74) is 8.78. The monoisotopic (exact) mass is 698 g/mol. The number of benzene rings is 5. The number of nitrogens with one attached hydrogen (secondary N) is 1. The molecule has 1 fully saturated rings. The lowest BCUT2D eigenvalue weighted by atomic mass is 9.76. The number of rotatable bonds is 10. The number of hydrazone groups is 1. The van der Waals surface area contributed by atoms with Gasteiger partial charge in [0.15, 0.2) is 0 Å². The number of urea groups is 1. The fourth-order valence-electron chi connectivity index (χ4n) is 8.30. The second-order valence-electron chi connectivity index (χ2n) is 14.2. The van der Waals surface area contributed by atoms with Gasteiger partial charge in [-0.05, 0) is 72.4 Å². The quantitative estimate of drug-likeness (QED) is 0.145. The molecule has 2 aliphatic rings. The van der Waals surface area contributed by atoms with Crippen LogP contribution in [0.5, 0.6) is 0 Å². The van der Waals surface area contributed by atoms with E-state index in [-0.39, 0.29) is 6.03 Å². The number of hydrogen-bond donors (Lipinski definition) is 1. The van der Waals surface area contributed by atoms with E-state index in [1.54, 1.807) is 7.05 Å². The summed E-state index contributed by atoms with van der Waals surface area (Å²) in [5.74, 6) is 1.34. The fourth-order valence-corrected chi connectivity index (χ4v) is 8.30. The van der Waals surface area contributed by atoms with Gasteiger partial charge in [-0.15, -0.1) is 0 Å². The molecule has 266 valence electrons. The fraction of sp³-hybridized carbons (Fsp3) is 0.239. The number of amides is 2. The summed E-state index contributed by atoms with van der Waals surface area (Å²) in [6.45, 7) is 2.76.